The molecule has 0 amide bonds. The maximum absolute atomic E-state index is 0. The van der Waals surface area contributed by atoms with Crippen LogP contribution in [0.3, 0.4) is 0 Å². The van der Waals surface area contributed by atoms with Gasteiger partial charge >= 0.3 is 88.0 Å². The topological polar surface area (TPSA) is 85.5 Å². The summed E-state index contributed by atoms with van der Waals surface area (Å²) in [6.07, 6.45) is 0. The molecule has 0 aliphatic heterocycles. The second-order valence-corrected chi connectivity index (χ2v) is 0. The summed E-state index contributed by atoms with van der Waals surface area (Å²) in [6, 6.07) is 0. The Balaban J connectivity index is 0. The van der Waals surface area contributed by atoms with Crippen molar-refractivity contribution < 1.29 is 104 Å². The fourth-order valence-corrected chi connectivity index (χ4v) is 0. The Labute approximate surface area is 102 Å². The van der Waals surface area contributed by atoms with Crippen molar-refractivity contribution in [2.75, 3.05) is 0 Å². The Kier molecular flexibility index (Phi) is 276. The van der Waals surface area contributed by atoms with Crippen LogP contribution in [-0.2, 0) is 16.4 Å². The Bertz CT molecular complexity index is 6.85. The van der Waals surface area contributed by atoms with E-state index in [-0.39, 0.29) is 104 Å². The van der Waals surface area contributed by atoms with Crippen molar-refractivity contribution in [2.45, 2.75) is 0 Å². The summed E-state index contributed by atoms with van der Waals surface area (Å²) >= 11 is 0. The molecule has 0 unspecified atom stereocenters. The smallest absolute Gasteiger partial charge is 2.00 e. The molecule has 0 bridgehead atoms. The van der Waals surface area contributed by atoms with Crippen molar-refractivity contribution in [1.29, 1.82) is 0 Å². The van der Waals surface area contributed by atoms with E-state index in [9.17, 15) is 0 Å². The molecular formula is EuO3Tb. The van der Waals surface area contributed by atoms with Gasteiger partial charge in [-0.25, -0.2) is 0 Å². The fourth-order valence-electron chi connectivity index (χ4n) is 0. The molecule has 0 aliphatic rings. The van der Waals surface area contributed by atoms with Crippen molar-refractivity contribution in [2.24, 2.45) is 0 Å². The van der Waals surface area contributed by atoms with Gasteiger partial charge in [0.1, 0.15) is 0 Å². The third-order valence-electron chi connectivity index (χ3n) is 0. The number of hydrogen-bond donors (Lipinski definition) is 0. The van der Waals surface area contributed by atoms with Crippen molar-refractivity contribution in [3.05, 3.63) is 0 Å². The van der Waals surface area contributed by atoms with Gasteiger partial charge in [0.2, 0.25) is 0 Å². The van der Waals surface area contributed by atoms with E-state index in [4.69, 9.17) is 0 Å². The molecule has 0 heterocycles. The Morgan fingerprint density at radius 2 is 0.600 bits per heavy atom. The Morgan fingerprint density at radius 3 is 0.600 bits per heavy atom. The zero-order chi connectivity index (χ0) is 0. The molecule has 0 radical (unpaired) electrons. The first-order valence-electron chi connectivity index (χ1n) is 0. The maximum atomic E-state index is 0. The fraction of sp³-hybridized carbons (Fsp3) is 0. The molecule has 0 aromatic carbocycles. The second kappa shape index (κ2) is 29.5. The molecule has 0 rings (SSSR count). The van der Waals surface area contributed by atoms with Crippen LogP contribution in [0, 0.1) is 88.0 Å². The molecule has 0 saturated carbocycles. The predicted octanol–water partition coefficient (Wildman–Crippen LogP) is -0.356. The first-order chi connectivity index (χ1) is 0. The van der Waals surface area contributed by atoms with Gasteiger partial charge in [-0.05, 0) is 0 Å². The molecule has 0 atom stereocenters. The number of rotatable bonds is 0. The van der Waals surface area contributed by atoms with Gasteiger partial charge < -0.3 is 16.4 Å². The summed E-state index contributed by atoms with van der Waals surface area (Å²) in [5, 5.41) is 0. The van der Waals surface area contributed by atoms with Crippen molar-refractivity contribution in [1.82, 2.24) is 0 Å². The average molecular weight is 359 g/mol. The molecule has 0 spiro atoms. The van der Waals surface area contributed by atoms with Crippen LogP contribution in [-0.4, -0.2) is 0 Å². The van der Waals surface area contributed by atoms with Crippen LogP contribution in [0.5, 0.6) is 0 Å². The molecule has 0 aromatic heterocycles. The van der Waals surface area contributed by atoms with E-state index in [1.165, 1.54) is 0 Å². The van der Waals surface area contributed by atoms with Crippen LogP contribution >= 0.6 is 0 Å². The molecule has 5 heteroatoms. The van der Waals surface area contributed by atoms with Gasteiger partial charge in [0.05, 0.1) is 0 Å². The Hall–Kier alpha value is 2.75. The van der Waals surface area contributed by atoms with Gasteiger partial charge in [0.15, 0.2) is 0 Å². The van der Waals surface area contributed by atoms with E-state index in [1.807, 2.05) is 0 Å². The van der Waals surface area contributed by atoms with E-state index in [0.29, 0.717) is 0 Å². The summed E-state index contributed by atoms with van der Waals surface area (Å²) in [7, 11) is 0. The summed E-state index contributed by atoms with van der Waals surface area (Å²) in [6.45, 7) is 0. The van der Waals surface area contributed by atoms with E-state index in [1.54, 1.807) is 0 Å². The van der Waals surface area contributed by atoms with Crippen molar-refractivity contribution in [3.8, 4) is 0 Å². The molecule has 0 aliphatic carbocycles. The van der Waals surface area contributed by atoms with Crippen molar-refractivity contribution >= 4 is 0 Å². The molecule has 0 saturated heterocycles. The van der Waals surface area contributed by atoms with Gasteiger partial charge in [-0.1, -0.05) is 0 Å². The van der Waals surface area contributed by atoms with E-state index in [0.717, 1.165) is 0 Å². The van der Waals surface area contributed by atoms with E-state index >= 15 is 0 Å². The zero-order valence-corrected chi connectivity index (χ0v) is 6.50. The second-order valence-electron chi connectivity index (χ2n) is 0. The van der Waals surface area contributed by atoms with Gasteiger partial charge in [0.25, 0.3) is 0 Å². The monoisotopic (exact) mass is 360 g/mol. The maximum Gasteiger partial charge on any atom is 3.00 e. The third-order valence-corrected chi connectivity index (χ3v) is 0. The summed E-state index contributed by atoms with van der Waals surface area (Å²) < 4.78 is 0. The predicted molar refractivity (Wildman–Crippen MR) is 2.06 cm³/mol. The molecule has 3 nitrogen and oxygen atoms in total. The molecule has 5 heavy (non-hydrogen) atoms. The SMILES string of the molecule is [Eu+3].[O-2].[O-2].[O-2].[Tb+3]. The third kappa shape index (κ3) is 20.1. The molecule has 0 N–H and O–H groups in total. The minimum atomic E-state index is 0. The van der Waals surface area contributed by atoms with Gasteiger partial charge in [0, 0.05) is 0 Å². The largest absolute Gasteiger partial charge is 3.00 e. The van der Waals surface area contributed by atoms with Gasteiger partial charge in [-0.2, -0.15) is 0 Å². The van der Waals surface area contributed by atoms with Crippen LogP contribution < -0.4 is 0 Å². The summed E-state index contributed by atoms with van der Waals surface area (Å²) in [4.78, 5) is 0. The van der Waals surface area contributed by atoms with E-state index < -0.39 is 0 Å². The quantitative estimate of drug-likeness (QED) is 0.566. The van der Waals surface area contributed by atoms with Crippen LogP contribution in [0.2, 0.25) is 0 Å². The van der Waals surface area contributed by atoms with E-state index in [2.05, 4.69) is 0 Å². The van der Waals surface area contributed by atoms with Crippen molar-refractivity contribution in [3.63, 3.8) is 0 Å². The summed E-state index contributed by atoms with van der Waals surface area (Å²) in [5.74, 6) is 0. The van der Waals surface area contributed by atoms with Gasteiger partial charge in [-0.3, -0.25) is 0 Å². The minimum absolute atomic E-state index is 0. The number of hydrogen-bond acceptors (Lipinski definition) is 0. The first-order valence-corrected chi connectivity index (χ1v) is 0. The molecular weight excluding hydrogens is 359 g/mol. The average Bonchev–Trinajstić information content (AvgIpc) is 0. The molecule has 34 valence electrons. The Morgan fingerprint density at radius 1 is 0.600 bits per heavy atom. The van der Waals surface area contributed by atoms with Crippen LogP contribution in [0.4, 0.5) is 0 Å². The summed E-state index contributed by atoms with van der Waals surface area (Å²) in [5.41, 5.74) is 0. The van der Waals surface area contributed by atoms with Gasteiger partial charge in [-0.15, -0.1) is 0 Å². The normalized spacial score (nSPS) is 0. The van der Waals surface area contributed by atoms with Crippen LogP contribution in [0.15, 0.2) is 0 Å². The standard InChI is InChI=1S/Eu.3O.Tb/q+3;3*-2;+3. The van der Waals surface area contributed by atoms with Crippen LogP contribution in [0.1, 0.15) is 0 Å². The molecule has 0 fully saturated rings. The zero-order valence-electron chi connectivity index (χ0n) is 1.94. The molecule has 0 aromatic rings. The minimum Gasteiger partial charge on any atom is -2.00 e. The van der Waals surface area contributed by atoms with Crippen LogP contribution in [0.25, 0.3) is 0 Å². The first kappa shape index (κ1) is 46.7.